The number of hydrogen-bond acceptors (Lipinski definition) is 3. The fourth-order valence-electron chi connectivity index (χ4n) is 2.11. The van der Waals surface area contributed by atoms with Crippen LogP contribution in [0.1, 0.15) is 37.6 Å². The molecule has 0 radical (unpaired) electrons. The highest BCUT2D eigenvalue weighted by Gasteiger charge is 2.14. The molecule has 0 aliphatic carbocycles. The molecule has 0 saturated carbocycles. The Bertz CT molecular complexity index is 699. The van der Waals surface area contributed by atoms with Crippen molar-refractivity contribution in [1.29, 1.82) is 0 Å². The number of rotatable bonds is 8. The fraction of sp³-hybridized carbons (Fsp3) is 0.350. The largest absolute Gasteiger partial charge is 0.494 e. The highest BCUT2D eigenvalue weighted by molar-refractivity contribution is 9.10. The number of amides is 1. The van der Waals surface area contributed by atoms with Crippen molar-refractivity contribution in [3.05, 3.63) is 52.5 Å². The van der Waals surface area contributed by atoms with Crippen LogP contribution >= 0.6 is 15.9 Å². The Labute approximate surface area is 157 Å². The first kappa shape index (κ1) is 19.3. The Morgan fingerprint density at radius 2 is 1.84 bits per heavy atom. The quantitative estimate of drug-likeness (QED) is 0.628. The van der Waals surface area contributed by atoms with Gasteiger partial charge in [-0.15, -0.1) is 0 Å². The van der Waals surface area contributed by atoms with Gasteiger partial charge in [-0.25, -0.2) is 0 Å². The molecule has 2 rings (SSSR count). The molecule has 134 valence electrons. The maximum atomic E-state index is 12.6. The summed E-state index contributed by atoms with van der Waals surface area (Å²) in [4.78, 5) is 12.6. The summed E-state index contributed by atoms with van der Waals surface area (Å²) in [5.41, 5.74) is 1.21. The number of nitrogens with one attached hydrogen (secondary N) is 1. The molecule has 0 saturated heterocycles. The molecule has 0 aliphatic heterocycles. The van der Waals surface area contributed by atoms with E-state index < -0.39 is 0 Å². The minimum absolute atomic E-state index is 0.206. The molecule has 0 aliphatic rings. The van der Waals surface area contributed by atoms with E-state index in [4.69, 9.17) is 9.47 Å². The standard InChI is InChI=1S/C20H24BrNO3/c1-4-11-24-17-8-6-16(7-9-17)22-20(23)18-12-15(21)5-10-19(18)25-13-14(2)3/h5-10,12,14H,4,11,13H2,1-3H3,(H,22,23). The summed E-state index contributed by atoms with van der Waals surface area (Å²) >= 11 is 3.41. The zero-order valence-electron chi connectivity index (χ0n) is 14.8. The van der Waals surface area contributed by atoms with Gasteiger partial charge in [0.1, 0.15) is 11.5 Å². The lowest BCUT2D eigenvalue weighted by atomic mass is 10.1. The van der Waals surface area contributed by atoms with E-state index in [0.717, 1.165) is 16.6 Å². The number of benzene rings is 2. The zero-order chi connectivity index (χ0) is 18.2. The summed E-state index contributed by atoms with van der Waals surface area (Å²) in [6.45, 7) is 7.44. The van der Waals surface area contributed by atoms with Gasteiger partial charge in [0.05, 0.1) is 18.8 Å². The zero-order valence-corrected chi connectivity index (χ0v) is 16.4. The molecule has 0 bridgehead atoms. The van der Waals surface area contributed by atoms with Crippen molar-refractivity contribution in [2.24, 2.45) is 5.92 Å². The van der Waals surface area contributed by atoms with Crippen molar-refractivity contribution in [1.82, 2.24) is 0 Å². The lowest BCUT2D eigenvalue weighted by molar-refractivity contribution is 0.102. The van der Waals surface area contributed by atoms with Crippen LogP contribution < -0.4 is 14.8 Å². The van der Waals surface area contributed by atoms with E-state index in [1.165, 1.54) is 0 Å². The first-order valence-corrected chi connectivity index (χ1v) is 9.25. The number of halogens is 1. The molecule has 2 aromatic rings. The molecule has 1 N–H and O–H groups in total. The third kappa shape index (κ3) is 6.09. The number of hydrogen-bond donors (Lipinski definition) is 1. The summed E-state index contributed by atoms with van der Waals surface area (Å²) < 4.78 is 12.2. The van der Waals surface area contributed by atoms with Crippen molar-refractivity contribution < 1.29 is 14.3 Å². The van der Waals surface area contributed by atoms with Crippen LogP contribution in [0.3, 0.4) is 0 Å². The third-order valence-corrected chi connectivity index (χ3v) is 3.84. The summed E-state index contributed by atoms with van der Waals surface area (Å²) in [5, 5.41) is 2.90. The van der Waals surface area contributed by atoms with E-state index in [9.17, 15) is 4.79 Å². The number of anilines is 1. The topological polar surface area (TPSA) is 47.6 Å². The van der Waals surface area contributed by atoms with Gasteiger partial charge < -0.3 is 14.8 Å². The monoisotopic (exact) mass is 405 g/mol. The van der Waals surface area contributed by atoms with Crippen molar-refractivity contribution >= 4 is 27.5 Å². The molecule has 25 heavy (non-hydrogen) atoms. The predicted octanol–water partition coefficient (Wildman–Crippen LogP) is 5.53. The number of ether oxygens (including phenoxy) is 2. The molecule has 0 unspecified atom stereocenters. The molecule has 5 heteroatoms. The first-order chi connectivity index (χ1) is 12.0. The summed E-state index contributed by atoms with van der Waals surface area (Å²) in [6, 6.07) is 12.8. The molecule has 0 atom stereocenters. The van der Waals surface area contributed by atoms with Gasteiger partial charge in [-0.2, -0.15) is 0 Å². The van der Waals surface area contributed by atoms with Crippen LogP contribution in [0, 0.1) is 5.92 Å². The van der Waals surface area contributed by atoms with Gasteiger partial charge in [0.2, 0.25) is 0 Å². The second-order valence-corrected chi connectivity index (χ2v) is 7.09. The Morgan fingerprint density at radius 1 is 1.12 bits per heavy atom. The second kappa shape index (κ2) is 9.47. The molecular formula is C20H24BrNO3. The van der Waals surface area contributed by atoms with Crippen LogP contribution in [0.25, 0.3) is 0 Å². The summed E-state index contributed by atoms with van der Waals surface area (Å²) in [5.74, 6) is 1.55. The van der Waals surface area contributed by atoms with E-state index >= 15 is 0 Å². The summed E-state index contributed by atoms with van der Waals surface area (Å²) in [6.07, 6.45) is 0.959. The van der Waals surface area contributed by atoms with E-state index in [0.29, 0.717) is 36.1 Å². The lowest BCUT2D eigenvalue weighted by Gasteiger charge is -2.14. The van der Waals surface area contributed by atoms with Crippen molar-refractivity contribution in [2.75, 3.05) is 18.5 Å². The molecule has 1 amide bonds. The van der Waals surface area contributed by atoms with E-state index in [2.05, 4.69) is 42.0 Å². The molecule has 0 heterocycles. The first-order valence-electron chi connectivity index (χ1n) is 8.46. The van der Waals surface area contributed by atoms with Crippen molar-refractivity contribution in [2.45, 2.75) is 27.2 Å². The highest BCUT2D eigenvalue weighted by Crippen LogP contribution is 2.25. The lowest BCUT2D eigenvalue weighted by Crippen LogP contribution is -2.15. The minimum Gasteiger partial charge on any atom is -0.494 e. The highest BCUT2D eigenvalue weighted by atomic mass is 79.9. The average molecular weight is 406 g/mol. The van der Waals surface area contributed by atoms with Gasteiger partial charge in [-0.05, 0) is 54.8 Å². The molecule has 0 aromatic heterocycles. The normalized spacial score (nSPS) is 10.6. The van der Waals surface area contributed by atoms with Crippen LogP contribution in [-0.2, 0) is 0 Å². The van der Waals surface area contributed by atoms with Crippen LogP contribution in [0.5, 0.6) is 11.5 Å². The molecule has 0 fully saturated rings. The van der Waals surface area contributed by atoms with Gasteiger partial charge in [-0.3, -0.25) is 4.79 Å². The van der Waals surface area contributed by atoms with Crippen molar-refractivity contribution in [3.63, 3.8) is 0 Å². The Balaban J connectivity index is 2.10. The molecule has 4 nitrogen and oxygen atoms in total. The van der Waals surface area contributed by atoms with Gasteiger partial charge in [0, 0.05) is 10.2 Å². The van der Waals surface area contributed by atoms with Gasteiger partial charge >= 0.3 is 0 Å². The SMILES string of the molecule is CCCOc1ccc(NC(=O)c2cc(Br)ccc2OCC(C)C)cc1. The van der Waals surface area contributed by atoms with Gasteiger partial charge in [0.15, 0.2) is 0 Å². The molecular weight excluding hydrogens is 382 g/mol. The second-order valence-electron chi connectivity index (χ2n) is 6.17. The maximum absolute atomic E-state index is 12.6. The van der Waals surface area contributed by atoms with Crippen LogP contribution in [0.4, 0.5) is 5.69 Å². The Kier molecular flexibility index (Phi) is 7.31. The minimum atomic E-state index is -0.206. The molecule has 2 aromatic carbocycles. The number of carbonyl (C=O) groups excluding carboxylic acids is 1. The Morgan fingerprint density at radius 3 is 2.48 bits per heavy atom. The van der Waals surface area contributed by atoms with Gasteiger partial charge in [-0.1, -0.05) is 36.7 Å². The van der Waals surface area contributed by atoms with E-state index in [-0.39, 0.29) is 5.91 Å². The smallest absolute Gasteiger partial charge is 0.259 e. The predicted molar refractivity (Wildman–Crippen MR) is 105 cm³/mol. The summed E-state index contributed by atoms with van der Waals surface area (Å²) in [7, 11) is 0. The molecule has 0 spiro atoms. The fourth-order valence-corrected chi connectivity index (χ4v) is 2.48. The van der Waals surface area contributed by atoms with Gasteiger partial charge in [0.25, 0.3) is 5.91 Å². The van der Waals surface area contributed by atoms with Crippen LogP contribution in [0.15, 0.2) is 46.9 Å². The average Bonchev–Trinajstić information content (AvgIpc) is 2.60. The number of carbonyl (C=O) groups is 1. The van der Waals surface area contributed by atoms with Crippen LogP contribution in [0.2, 0.25) is 0 Å². The third-order valence-electron chi connectivity index (χ3n) is 3.34. The van der Waals surface area contributed by atoms with E-state index in [1.54, 1.807) is 6.07 Å². The maximum Gasteiger partial charge on any atom is 0.259 e. The Hall–Kier alpha value is -2.01. The van der Waals surface area contributed by atoms with E-state index in [1.807, 2.05) is 36.4 Å². The van der Waals surface area contributed by atoms with Crippen LogP contribution in [-0.4, -0.2) is 19.1 Å². The van der Waals surface area contributed by atoms with Crippen molar-refractivity contribution in [3.8, 4) is 11.5 Å².